The molecule has 30 heavy (non-hydrogen) atoms. The minimum absolute atomic E-state index is 0.0720. The number of nitrogens with zero attached hydrogens (tertiary/aromatic N) is 1. The number of rotatable bonds is 3. The van der Waals surface area contributed by atoms with Crippen molar-refractivity contribution in [1.29, 1.82) is 0 Å². The highest BCUT2D eigenvalue weighted by Crippen LogP contribution is 2.29. The first-order valence-corrected chi connectivity index (χ1v) is 9.48. The van der Waals surface area contributed by atoms with Crippen LogP contribution >= 0.6 is 0 Å². The number of hydrogen-bond acceptors (Lipinski definition) is 5. The quantitative estimate of drug-likeness (QED) is 0.747. The van der Waals surface area contributed by atoms with Gasteiger partial charge in [0.25, 0.3) is 11.8 Å². The summed E-state index contributed by atoms with van der Waals surface area (Å²) in [7, 11) is 0. The number of imide groups is 2. The SMILES string of the molecule is CC(=O)NCc1cccc2c1C(=O)N(C1CCC(=O)NC1=O)C2=O.c1ccccc1. The lowest BCUT2D eigenvalue weighted by atomic mass is 10.0. The highest BCUT2D eigenvalue weighted by atomic mass is 16.2. The lowest BCUT2D eigenvalue weighted by Crippen LogP contribution is -2.54. The Morgan fingerprint density at radius 1 is 1.00 bits per heavy atom. The maximum Gasteiger partial charge on any atom is 0.262 e. The van der Waals surface area contributed by atoms with Crippen molar-refractivity contribution in [2.75, 3.05) is 0 Å². The van der Waals surface area contributed by atoms with Crippen molar-refractivity contribution in [3.05, 3.63) is 71.3 Å². The van der Waals surface area contributed by atoms with Crippen LogP contribution in [0.4, 0.5) is 0 Å². The number of carbonyl (C=O) groups excluding carboxylic acids is 5. The molecule has 0 aliphatic carbocycles. The van der Waals surface area contributed by atoms with Gasteiger partial charge in [-0.1, -0.05) is 48.5 Å². The molecule has 154 valence electrons. The van der Waals surface area contributed by atoms with Crippen molar-refractivity contribution in [2.24, 2.45) is 0 Å². The van der Waals surface area contributed by atoms with Crippen LogP contribution in [0.5, 0.6) is 0 Å². The summed E-state index contributed by atoms with van der Waals surface area (Å²) in [6.07, 6.45) is 0.180. The maximum atomic E-state index is 12.7. The van der Waals surface area contributed by atoms with E-state index < -0.39 is 29.7 Å². The highest BCUT2D eigenvalue weighted by molar-refractivity contribution is 6.24. The van der Waals surface area contributed by atoms with Gasteiger partial charge in [0.15, 0.2) is 0 Å². The molecular weight excluding hydrogens is 386 g/mol. The number of piperidine rings is 1. The third-order valence-electron chi connectivity index (χ3n) is 4.75. The fourth-order valence-electron chi connectivity index (χ4n) is 3.34. The van der Waals surface area contributed by atoms with Gasteiger partial charge in [0.05, 0.1) is 11.1 Å². The average molecular weight is 407 g/mol. The number of nitrogens with one attached hydrogen (secondary N) is 2. The molecule has 8 nitrogen and oxygen atoms in total. The molecule has 4 rings (SSSR count). The van der Waals surface area contributed by atoms with Crippen LogP contribution in [0.1, 0.15) is 46.0 Å². The van der Waals surface area contributed by atoms with E-state index in [1.54, 1.807) is 12.1 Å². The van der Waals surface area contributed by atoms with Crippen LogP contribution in [0.2, 0.25) is 0 Å². The summed E-state index contributed by atoms with van der Waals surface area (Å²) in [4.78, 5) is 60.6. The van der Waals surface area contributed by atoms with E-state index in [9.17, 15) is 24.0 Å². The molecule has 2 N–H and O–H groups in total. The monoisotopic (exact) mass is 407 g/mol. The number of amides is 5. The largest absolute Gasteiger partial charge is 0.352 e. The van der Waals surface area contributed by atoms with E-state index in [2.05, 4.69) is 10.6 Å². The zero-order valence-corrected chi connectivity index (χ0v) is 16.4. The summed E-state index contributed by atoms with van der Waals surface area (Å²) in [5, 5.41) is 4.74. The van der Waals surface area contributed by atoms with E-state index in [1.807, 2.05) is 36.4 Å². The zero-order valence-electron chi connectivity index (χ0n) is 16.4. The third-order valence-corrected chi connectivity index (χ3v) is 4.75. The Kier molecular flexibility index (Phi) is 6.36. The van der Waals surface area contributed by atoms with Crippen molar-refractivity contribution in [1.82, 2.24) is 15.5 Å². The first-order valence-electron chi connectivity index (χ1n) is 9.48. The van der Waals surface area contributed by atoms with Crippen LogP contribution in [-0.2, 0) is 20.9 Å². The second-order valence-corrected chi connectivity index (χ2v) is 6.85. The second kappa shape index (κ2) is 9.13. The number of hydrogen-bond donors (Lipinski definition) is 2. The van der Waals surface area contributed by atoms with Crippen molar-refractivity contribution in [3.63, 3.8) is 0 Å². The molecule has 1 saturated heterocycles. The molecule has 0 bridgehead atoms. The molecule has 2 aromatic rings. The van der Waals surface area contributed by atoms with Gasteiger partial charge in [0, 0.05) is 19.9 Å². The van der Waals surface area contributed by atoms with Gasteiger partial charge in [-0.05, 0) is 18.1 Å². The van der Waals surface area contributed by atoms with Crippen LogP contribution in [0.3, 0.4) is 0 Å². The first-order chi connectivity index (χ1) is 14.4. The van der Waals surface area contributed by atoms with E-state index in [-0.39, 0.29) is 36.4 Å². The predicted octanol–water partition coefficient (Wildman–Crippen LogP) is 1.41. The fraction of sp³-hybridized carbons (Fsp3) is 0.227. The Labute approximate surface area is 173 Å². The minimum atomic E-state index is -0.997. The summed E-state index contributed by atoms with van der Waals surface area (Å²) in [5.41, 5.74) is 0.907. The van der Waals surface area contributed by atoms with Gasteiger partial charge in [-0.3, -0.25) is 34.2 Å². The van der Waals surface area contributed by atoms with E-state index >= 15 is 0 Å². The number of carbonyl (C=O) groups is 5. The molecule has 8 heteroatoms. The molecule has 0 saturated carbocycles. The topological polar surface area (TPSA) is 113 Å². The van der Waals surface area contributed by atoms with E-state index in [4.69, 9.17) is 0 Å². The van der Waals surface area contributed by atoms with Gasteiger partial charge in [-0.25, -0.2) is 0 Å². The van der Waals surface area contributed by atoms with Gasteiger partial charge >= 0.3 is 0 Å². The van der Waals surface area contributed by atoms with Crippen molar-refractivity contribution >= 4 is 29.5 Å². The fourth-order valence-corrected chi connectivity index (χ4v) is 3.34. The molecule has 1 unspecified atom stereocenters. The third kappa shape index (κ3) is 4.43. The predicted molar refractivity (Wildman–Crippen MR) is 107 cm³/mol. The van der Waals surface area contributed by atoms with Crippen molar-refractivity contribution in [2.45, 2.75) is 32.4 Å². The molecule has 2 aliphatic rings. The Morgan fingerprint density at radius 2 is 1.63 bits per heavy atom. The molecule has 0 spiro atoms. The highest BCUT2D eigenvalue weighted by Gasteiger charge is 2.45. The molecule has 0 radical (unpaired) electrons. The second-order valence-electron chi connectivity index (χ2n) is 6.85. The van der Waals surface area contributed by atoms with Gasteiger partial charge in [0.1, 0.15) is 6.04 Å². The van der Waals surface area contributed by atoms with Crippen LogP contribution in [0, 0.1) is 0 Å². The number of benzene rings is 2. The van der Waals surface area contributed by atoms with Crippen LogP contribution in [-0.4, -0.2) is 40.5 Å². The Balaban J connectivity index is 0.000000367. The van der Waals surface area contributed by atoms with Gasteiger partial charge in [-0.2, -0.15) is 0 Å². The molecule has 2 heterocycles. The van der Waals surface area contributed by atoms with Gasteiger partial charge < -0.3 is 5.32 Å². The lowest BCUT2D eigenvalue weighted by molar-refractivity contribution is -0.136. The summed E-state index contributed by atoms with van der Waals surface area (Å²) in [6, 6.07) is 15.8. The summed E-state index contributed by atoms with van der Waals surface area (Å²) in [6.45, 7) is 1.46. The molecule has 1 fully saturated rings. The van der Waals surface area contributed by atoms with Crippen LogP contribution < -0.4 is 10.6 Å². The maximum absolute atomic E-state index is 12.7. The number of fused-ring (bicyclic) bond motifs is 1. The molecular formula is C22H21N3O5. The lowest BCUT2D eigenvalue weighted by Gasteiger charge is -2.27. The molecule has 1 atom stereocenters. The summed E-state index contributed by atoms with van der Waals surface area (Å²) in [5.74, 6) is -2.46. The molecule has 0 aromatic heterocycles. The van der Waals surface area contributed by atoms with E-state index in [0.29, 0.717) is 5.56 Å². The summed E-state index contributed by atoms with van der Waals surface area (Å²) < 4.78 is 0. The Morgan fingerprint density at radius 3 is 2.20 bits per heavy atom. The Hall–Kier alpha value is -3.81. The normalized spacial score (nSPS) is 17.6. The van der Waals surface area contributed by atoms with Crippen LogP contribution in [0.15, 0.2) is 54.6 Å². The first kappa shape index (κ1) is 20.9. The van der Waals surface area contributed by atoms with Gasteiger partial charge in [-0.15, -0.1) is 0 Å². The average Bonchev–Trinajstić information content (AvgIpc) is 2.99. The van der Waals surface area contributed by atoms with Crippen LogP contribution in [0.25, 0.3) is 0 Å². The van der Waals surface area contributed by atoms with Gasteiger partial charge in [0.2, 0.25) is 17.7 Å². The van der Waals surface area contributed by atoms with Crippen molar-refractivity contribution in [3.8, 4) is 0 Å². The smallest absolute Gasteiger partial charge is 0.262 e. The summed E-state index contributed by atoms with van der Waals surface area (Å²) >= 11 is 0. The van der Waals surface area contributed by atoms with Crippen molar-refractivity contribution < 1.29 is 24.0 Å². The standard InChI is InChI=1S/C16H15N3O5.C6H6/c1-8(20)17-7-9-3-2-4-10-13(9)16(24)19(15(10)23)11-5-6-12(21)18-14(11)22;1-2-4-6-5-3-1/h2-4,11H,5-7H2,1H3,(H,17,20)(H,18,21,22);1-6H. The Bertz CT molecular complexity index is 976. The zero-order chi connectivity index (χ0) is 21.7. The molecule has 2 aromatic carbocycles. The molecule has 5 amide bonds. The molecule has 2 aliphatic heterocycles. The minimum Gasteiger partial charge on any atom is -0.352 e. The van der Waals surface area contributed by atoms with E-state index in [0.717, 1.165) is 4.90 Å². The van der Waals surface area contributed by atoms with E-state index in [1.165, 1.54) is 13.0 Å².